The molecule has 9 heteroatoms. The van der Waals surface area contributed by atoms with E-state index in [1.165, 1.54) is 18.0 Å². The zero-order valence-electron chi connectivity index (χ0n) is 17.5. The number of aromatic nitrogens is 4. The summed E-state index contributed by atoms with van der Waals surface area (Å²) in [7, 11) is 0. The van der Waals surface area contributed by atoms with Crippen molar-refractivity contribution in [2.24, 2.45) is 0 Å². The van der Waals surface area contributed by atoms with Gasteiger partial charge in [-0.2, -0.15) is 5.10 Å². The summed E-state index contributed by atoms with van der Waals surface area (Å²) in [6, 6.07) is 12.8. The van der Waals surface area contributed by atoms with E-state index >= 15 is 0 Å². The van der Waals surface area contributed by atoms with Crippen molar-refractivity contribution in [3.05, 3.63) is 75.2 Å². The number of aryl methyl sites for hydroxylation is 2. The van der Waals surface area contributed by atoms with Gasteiger partial charge in [0.15, 0.2) is 10.8 Å². The Balaban J connectivity index is 1.45. The van der Waals surface area contributed by atoms with Crippen molar-refractivity contribution in [3.8, 4) is 5.69 Å². The minimum atomic E-state index is -0.261. The Hall–Kier alpha value is -3.10. The monoisotopic (exact) mass is 465 g/mol. The van der Waals surface area contributed by atoms with Crippen molar-refractivity contribution < 1.29 is 4.79 Å². The Bertz CT molecular complexity index is 1390. The Morgan fingerprint density at radius 2 is 1.91 bits per heavy atom. The van der Waals surface area contributed by atoms with Crippen molar-refractivity contribution in [1.82, 2.24) is 19.3 Å². The summed E-state index contributed by atoms with van der Waals surface area (Å²) in [6.45, 7) is 3.93. The molecule has 0 saturated carbocycles. The van der Waals surface area contributed by atoms with Gasteiger partial charge in [-0.25, -0.2) is 9.67 Å². The van der Waals surface area contributed by atoms with Gasteiger partial charge in [-0.05, 0) is 49.2 Å². The number of rotatable bonds is 4. The van der Waals surface area contributed by atoms with Gasteiger partial charge in [0.25, 0.3) is 5.56 Å². The first-order valence-corrected chi connectivity index (χ1v) is 11.5. The largest absolute Gasteiger partial charge is 0.326 e. The molecule has 1 amide bonds. The highest BCUT2D eigenvalue weighted by atomic mass is 35.5. The second-order valence-electron chi connectivity index (χ2n) is 7.82. The number of amides is 1. The van der Waals surface area contributed by atoms with Gasteiger partial charge in [0.1, 0.15) is 5.39 Å². The van der Waals surface area contributed by atoms with E-state index in [4.69, 9.17) is 16.6 Å². The maximum absolute atomic E-state index is 13.3. The average Bonchev–Trinajstić information content (AvgIpc) is 3.37. The number of thioether (sulfide) groups is 1. The third-order valence-corrected chi connectivity index (χ3v) is 6.96. The molecule has 1 N–H and O–H groups in total. The Morgan fingerprint density at radius 1 is 1.19 bits per heavy atom. The molecule has 0 radical (unpaired) electrons. The van der Waals surface area contributed by atoms with Crippen LogP contribution in [0.5, 0.6) is 0 Å². The van der Waals surface area contributed by atoms with E-state index in [9.17, 15) is 9.59 Å². The zero-order chi connectivity index (χ0) is 22.4. The number of hydrogen-bond donors (Lipinski definition) is 1. The lowest BCUT2D eigenvalue weighted by Crippen LogP contribution is -2.28. The third kappa shape index (κ3) is 3.59. The molecule has 0 saturated heterocycles. The van der Waals surface area contributed by atoms with E-state index in [1.807, 2.05) is 44.2 Å². The number of benzene rings is 2. The van der Waals surface area contributed by atoms with Crippen molar-refractivity contribution in [3.63, 3.8) is 0 Å². The van der Waals surface area contributed by atoms with Crippen LogP contribution in [0.15, 0.2) is 58.6 Å². The van der Waals surface area contributed by atoms with E-state index in [2.05, 4.69) is 10.4 Å². The molecule has 0 fully saturated rings. The van der Waals surface area contributed by atoms with Crippen LogP contribution in [0.3, 0.4) is 0 Å². The maximum Gasteiger partial charge on any atom is 0.265 e. The lowest BCUT2D eigenvalue weighted by atomic mass is 10.1. The average molecular weight is 466 g/mol. The number of anilines is 1. The van der Waals surface area contributed by atoms with E-state index in [-0.39, 0.29) is 23.9 Å². The molecule has 0 spiro atoms. The van der Waals surface area contributed by atoms with Gasteiger partial charge in [-0.3, -0.25) is 14.2 Å². The molecule has 4 aromatic rings. The summed E-state index contributed by atoms with van der Waals surface area (Å²) in [4.78, 5) is 30.8. The number of nitrogens with zero attached hydrogens (tertiary/aromatic N) is 4. The summed E-state index contributed by atoms with van der Waals surface area (Å²) < 4.78 is 3.26. The molecule has 162 valence electrons. The molecule has 3 heterocycles. The minimum absolute atomic E-state index is 0.121. The highest BCUT2D eigenvalue weighted by Gasteiger charge is 2.29. The third-order valence-electron chi connectivity index (χ3n) is 5.61. The Morgan fingerprint density at radius 3 is 2.62 bits per heavy atom. The predicted octanol–water partition coefficient (Wildman–Crippen LogP) is 4.53. The van der Waals surface area contributed by atoms with Gasteiger partial charge in [0.05, 0.1) is 17.9 Å². The van der Waals surface area contributed by atoms with Gasteiger partial charge in [-0.15, -0.1) is 0 Å². The van der Waals surface area contributed by atoms with Crippen molar-refractivity contribution >= 4 is 46.0 Å². The number of nitrogens with one attached hydrogen (secondary N) is 1. The SMILES string of the molecule is Cc1cccc(C)c1NC(=O)CC1CSc2nc3c(cnn3-c3ccc(Cl)cc3)c(=O)n21. The maximum atomic E-state index is 13.3. The first-order chi connectivity index (χ1) is 15.4. The second-order valence-corrected chi connectivity index (χ2v) is 9.25. The first-order valence-electron chi connectivity index (χ1n) is 10.2. The highest BCUT2D eigenvalue weighted by Crippen LogP contribution is 2.34. The molecule has 1 unspecified atom stereocenters. The lowest BCUT2D eigenvalue weighted by Gasteiger charge is -2.15. The molecule has 32 heavy (non-hydrogen) atoms. The van der Waals surface area contributed by atoms with Crippen LogP contribution in [-0.4, -0.2) is 31.0 Å². The molecule has 1 aliphatic rings. The summed E-state index contributed by atoms with van der Waals surface area (Å²) in [5.41, 5.74) is 3.93. The number of fused-ring (bicyclic) bond motifs is 2. The van der Waals surface area contributed by atoms with Crippen LogP contribution < -0.4 is 10.9 Å². The fraction of sp³-hybridized carbons (Fsp3) is 0.217. The molecular formula is C23H20ClN5O2S. The van der Waals surface area contributed by atoms with Crippen LogP contribution >= 0.6 is 23.4 Å². The van der Waals surface area contributed by atoms with Crippen LogP contribution in [0.4, 0.5) is 5.69 Å². The van der Waals surface area contributed by atoms with E-state index in [0.717, 1.165) is 22.5 Å². The molecule has 1 atom stereocenters. The molecule has 2 aromatic carbocycles. The molecule has 2 aromatic heterocycles. The number of halogens is 1. The Kier molecular flexibility index (Phi) is 5.27. The van der Waals surface area contributed by atoms with E-state index < -0.39 is 0 Å². The number of carbonyl (C=O) groups is 1. The van der Waals surface area contributed by atoms with Crippen molar-refractivity contribution in [2.45, 2.75) is 31.5 Å². The Labute approximate surface area is 193 Å². The molecule has 0 bridgehead atoms. The molecule has 7 nitrogen and oxygen atoms in total. The minimum Gasteiger partial charge on any atom is -0.326 e. The van der Waals surface area contributed by atoms with Gasteiger partial charge in [-0.1, -0.05) is 41.6 Å². The van der Waals surface area contributed by atoms with Gasteiger partial charge in [0, 0.05) is 22.9 Å². The van der Waals surface area contributed by atoms with Gasteiger partial charge in [0.2, 0.25) is 5.91 Å². The van der Waals surface area contributed by atoms with Crippen molar-refractivity contribution in [2.75, 3.05) is 11.1 Å². The first kappa shape index (κ1) is 20.8. The molecule has 0 aliphatic carbocycles. The number of hydrogen-bond acceptors (Lipinski definition) is 5. The van der Waals surface area contributed by atoms with E-state index in [0.29, 0.717) is 27.0 Å². The zero-order valence-corrected chi connectivity index (χ0v) is 19.1. The van der Waals surface area contributed by atoms with Crippen LogP contribution in [0.2, 0.25) is 5.02 Å². The quantitative estimate of drug-likeness (QED) is 0.448. The normalized spacial score (nSPS) is 15.2. The topological polar surface area (TPSA) is 81.8 Å². The number of para-hydroxylation sites is 1. The van der Waals surface area contributed by atoms with Crippen LogP contribution in [0.1, 0.15) is 23.6 Å². The molecule has 5 rings (SSSR count). The van der Waals surface area contributed by atoms with Gasteiger partial charge < -0.3 is 5.32 Å². The predicted molar refractivity (Wildman–Crippen MR) is 127 cm³/mol. The summed E-state index contributed by atoms with van der Waals surface area (Å²) in [5, 5.41) is 9.02. The lowest BCUT2D eigenvalue weighted by molar-refractivity contribution is -0.116. The highest BCUT2D eigenvalue weighted by molar-refractivity contribution is 7.99. The van der Waals surface area contributed by atoms with Crippen LogP contribution in [0, 0.1) is 13.8 Å². The van der Waals surface area contributed by atoms with E-state index in [1.54, 1.807) is 21.4 Å². The molecule has 1 aliphatic heterocycles. The summed E-state index contributed by atoms with van der Waals surface area (Å²) in [5.74, 6) is 0.494. The van der Waals surface area contributed by atoms with Gasteiger partial charge >= 0.3 is 0 Å². The molecular weight excluding hydrogens is 446 g/mol. The number of carbonyl (C=O) groups excluding carboxylic acids is 1. The van der Waals surface area contributed by atoms with Crippen LogP contribution in [-0.2, 0) is 4.79 Å². The fourth-order valence-corrected chi connectivity index (χ4v) is 5.22. The van der Waals surface area contributed by atoms with Crippen LogP contribution in [0.25, 0.3) is 16.7 Å². The van der Waals surface area contributed by atoms with Crippen molar-refractivity contribution in [1.29, 1.82) is 0 Å². The summed E-state index contributed by atoms with van der Waals surface area (Å²) >= 11 is 7.46. The smallest absolute Gasteiger partial charge is 0.265 e. The second kappa shape index (κ2) is 8.11. The fourth-order valence-electron chi connectivity index (χ4n) is 3.97. The summed E-state index contributed by atoms with van der Waals surface area (Å²) in [6.07, 6.45) is 1.73. The standard InChI is InChI=1S/C23H20ClN5O2S/c1-13-4-3-5-14(2)20(13)26-19(30)10-17-12-32-23-27-21-18(22(31)28(17)23)11-25-29(21)16-8-6-15(24)7-9-16/h3-9,11,17H,10,12H2,1-2H3,(H,26,30).